The van der Waals surface area contributed by atoms with Crippen molar-refractivity contribution in [3.05, 3.63) is 40.6 Å². The summed E-state index contributed by atoms with van der Waals surface area (Å²) in [6.45, 7) is 7.48. The number of aryl methyl sites for hydroxylation is 1. The summed E-state index contributed by atoms with van der Waals surface area (Å²) in [6.07, 6.45) is 2.86. The number of aromatic nitrogens is 1. The van der Waals surface area contributed by atoms with Crippen LogP contribution < -0.4 is 5.32 Å². The monoisotopic (exact) mass is 254 g/mol. The van der Waals surface area contributed by atoms with E-state index in [0.29, 0.717) is 0 Å². The Morgan fingerprint density at radius 2 is 2.43 bits per heavy atom. The lowest BCUT2D eigenvalue weighted by Gasteiger charge is -2.07. The molecule has 0 saturated heterocycles. The SMILES string of the molecule is C=C(Br)CNCc1ncccc1CC. The standard InChI is InChI=1S/C11H15BrN2/c1-3-10-5-4-6-14-11(10)8-13-7-9(2)12/h4-6,13H,2-3,7-8H2,1H3. The Kier molecular flexibility index (Phi) is 4.84. The molecule has 1 heterocycles. The summed E-state index contributed by atoms with van der Waals surface area (Å²) in [6, 6.07) is 4.10. The van der Waals surface area contributed by atoms with E-state index in [1.807, 2.05) is 12.3 Å². The molecule has 1 aromatic rings. The first-order valence-electron chi connectivity index (χ1n) is 4.70. The first-order chi connectivity index (χ1) is 6.74. The van der Waals surface area contributed by atoms with Crippen molar-refractivity contribution in [2.45, 2.75) is 19.9 Å². The van der Waals surface area contributed by atoms with Crippen molar-refractivity contribution in [3.63, 3.8) is 0 Å². The maximum atomic E-state index is 4.34. The van der Waals surface area contributed by atoms with Crippen LogP contribution in [0.25, 0.3) is 0 Å². The van der Waals surface area contributed by atoms with Crippen LogP contribution in [0.3, 0.4) is 0 Å². The molecule has 1 N–H and O–H groups in total. The molecule has 0 saturated carbocycles. The van der Waals surface area contributed by atoms with Gasteiger partial charge < -0.3 is 5.32 Å². The maximum Gasteiger partial charge on any atom is 0.0573 e. The second-order valence-electron chi connectivity index (χ2n) is 3.08. The number of halogens is 1. The highest BCUT2D eigenvalue weighted by atomic mass is 79.9. The van der Waals surface area contributed by atoms with Gasteiger partial charge in [0.25, 0.3) is 0 Å². The second kappa shape index (κ2) is 5.94. The third-order valence-electron chi connectivity index (χ3n) is 1.97. The van der Waals surface area contributed by atoms with Crippen molar-refractivity contribution in [1.82, 2.24) is 10.3 Å². The molecule has 0 aromatic carbocycles. The van der Waals surface area contributed by atoms with E-state index in [9.17, 15) is 0 Å². The summed E-state index contributed by atoms with van der Waals surface area (Å²) >= 11 is 3.31. The number of hydrogen-bond donors (Lipinski definition) is 1. The number of nitrogens with one attached hydrogen (secondary N) is 1. The molecule has 1 aromatic heterocycles. The van der Waals surface area contributed by atoms with Crippen LogP contribution in [0.1, 0.15) is 18.2 Å². The van der Waals surface area contributed by atoms with E-state index in [4.69, 9.17) is 0 Å². The van der Waals surface area contributed by atoms with E-state index in [1.165, 1.54) is 5.56 Å². The van der Waals surface area contributed by atoms with Crippen LogP contribution >= 0.6 is 15.9 Å². The lowest BCUT2D eigenvalue weighted by atomic mass is 10.1. The van der Waals surface area contributed by atoms with Crippen LogP contribution in [-0.4, -0.2) is 11.5 Å². The summed E-state index contributed by atoms with van der Waals surface area (Å²) < 4.78 is 0.964. The van der Waals surface area contributed by atoms with Gasteiger partial charge >= 0.3 is 0 Å². The Morgan fingerprint density at radius 1 is 1.64 bits per heavy atom. The summed E-state index contributed by atoms with van der Waals surface area (Å²) in [4.78, 5) is 4.34. The van der Waals surface area contributed by atoms with E-state index in [-0.39, 0.29) is 0 Å². The van der Waals surface area contributed by atoms with Crippen molar-refractivity contribution < 1.29 is 0 Å². The minimum atomic E-state index is 0.778. The molecule has 0 aliphatic heterocycles. The van der Waals surface area contributed by atoms with Crippen LogP contribution in [0, 0.1) is 0 Å². The molecule has 0 unspecified atom stereocenters. The number of hydrogen-bond acceptors (Lipinski definition) is 2. The molecule has 1 rings (SSSR count). The molecular weight excluding hydrogens is 240 g/mol. The highest BCUT2D eigenvalue weighted by Crippen LogP contribution is 2.06. The second-order valence-corrected chi connectivity index (χ2v) is 4.21. The zero-order chi connectivity index (χ0) is 10.4. The van der Waals surface area contributed by atoms with E-state index < -0.39 is 0 Å². The lowest BCUT2D eigenvalue weighted by molar-refractivity contribution is 0.728. The quantitative estimate of drug-likeness (QED) is 0.874. The van der Waals surface area contributed by atoms with E-state index in [2.05, 4.69) is 45.8 Å². The zero-order valence-corrected chi connectivity index (χ0v) is 9.97. The van der Waals surface area contributed by atoms with Crippen LogP contribution in [-0.2, 0) is 13.0 Å². The third-order valence-corrected chi connectivity index (χ3v) is 2.26. The molecule has 2 nitrogen and oxygen atoms in total. The van der Waals surface area contributed by atoms with Gasteiger partial charge in [0.05, 0.1) is 5.69 Å². The Hall–Kier alpha value is -0.670. The molecule has 0 amide bonds. The van der Waals surface area contributed by atoms with Crippen molar-refractivity contribution in [2.24, 2.45) is 0 Å². The first-order valence-corrected chi connectivity index (χ1v) is 5.50. The van der Waals surface area contributed by atoms with E-state index in [0.717, 1.165) is 29.7 Å². The topological polar surface area (TPSA) is 24.9 Å². The number of pyridine rings is 1. The predicted octanol–water partition coefficient (Wildman–Crippen LogP) is 2.64. The largest absolute Gasteiger partial charge is 0.307 e. The molecule has 14 heavy (non-hydrogen) atoms. The highest BCUT2D eigenvalue weighted by molar-refractivity contribution is 9.11. The fraction of sp³-hybridized carbons (Fsp3) is 0.364. The van der Waals surface area contributed by atoms with Crippen molar-refractivity contribution in [1.29, 1.82) is 0 Å². The van der Waals surface area contributed by atoms with Gasteiger partial charge in [-0.1, -0.05) is 35.5 Å². The average Bonchev–Trinajstić information content (AvgIpc) is 2.18. The Labute approximate surface area is 93.6 Å². The maximum absolute atomic E-state index is 4.34. The van der Waals surface area contributed by atoms with Crippen LogP contribution in [0.2, 0.25) is 0 Å². The van der Waals surface area contributed by atoms with Gasteiger partial charge in [0.15, 0.2) is 0 Å². The van der Waals surface area contributed by atoms with Gasteiger partial charge in [0.1, 0.15) is 0 Å². The molecule has 0 aliphatic carbocycles. The Morgan fingerprint density at radius 3 is 3.07 bits per heavy atom. The fourth-order valence-corrected chi connectivity index (χ4v) is 1.47. The van der Waals surface area contributed by atoms with Gasteiger partial charge in [-0.15, -0.1) is 0 Å². The minimum Gasteiger partial charge on any atom is -0.307 e. The highest BCUT2D eigenvalue weighted by Gasteiger charge is 2.00. The van der Waals surface area contributed by atoms with E-state index in [1.54, 1.807) is 0 Å². The molecule has 0 fully saturated rings. The van der Waals surface area contributed by atoms with Gasteiger partial charge in [-0.05, 0) is 18.1 Å². The molecule has 3 heteroatoms. The smallest absolute Gasteiger partial charge is 0.0573 e. The summed E-state index contributed by atoms with van der Waals surface area (Å²) in [5, 5.41) is 3.27. The predicted molar refractivity (Wildman–Crippen MR) is 63.4 cm³/mol. The van der Waals surface area contributed by atoms with Crippen LogP contribution in [0.5, 0.6) is 0 Å². The van der Waals surface area contributed by atoms with Gasteiger partial charge in [-0.3, -0.25) is 4.98 Å². The van der Waals surface area contributed by atoms with Crippen molar-refractivity contribution >= 4 is 15.9 Å². The Balaban J connectivity index is 2.53. The van der Waals surface area contributed by atoms with Crippen LogP contribution in [0.15, 0.2) is 29.4 Å². The molecular formula is C11H15BrN2. The molecule has 0 radical (unpaired) electrons. The fourth-order valence-electron chi connectivity index (χ4n) is 1.27. The lowest BCUT2D eigenvalue weighted by Crippen LogP contribution is -2.16. The first kappa shape index (κ1) is 11.4. The summed E-state index contributed by atoms with van der Waals surface area (Å²) in [5.74, 6) is 0. The normalized spacial score (nSPS) is 10.1. The summed E-state index contributed by atoms with van der Waals surface area (Å²) in [5.41, 5.74) is 2.43. The number of nitrogens with zero attached hydrogens (tertiary/aromatic N) is 1. The average molecular weight is 255 g/mol. The molecule has 0 aliphatic rings. The van der Waals surface area contributed by atoms with Gasteiger partial charge in [-0.2, -0.15) is 0 Å². The van der Waals surface area contributed by atoms with Crippen molar-refractivity contribution in [3.8, 4) is 0 Å². The molecule has 0 spiro atoms. The minimum absolute atomic E-state index is 0.778. The van der Waals surface area contributed by atoms with Crippen LogP contribution in [0.4, 0.5) is 0 Å². The Bertz CT molecular complexity index is 310. The third kappa shape index (κ3) is 3.60. The zero-order valence-electron chi connectivity index (χ0n) is 8.39. The van der Waals surface area contributed by atoms with Gasteiger partial charge in [0, 0.05) is 23.8 Å². The molecule has 0 bridgehead atoms. The van der Waals surface area contributed by atoms with Crippen molar-refractivity contribution in [2.75, 3.05) is 6.54 Å². The molecule has 76 valence electrons. The summed E-state index contributed by atoms with van der Waals surface area (Å²) in [7, 11) is 0. The van der Waals surface area contributed by atoms with Gasteiger partial charge in [-0.25, -0.2) is 0 Å². The van der Waals surface area contributed by atoms with E-state index >= 15 is 0 Å². The number of rotatable bonds is 5. The molecule has 0 atom stereocenters. The van der Waals surface area contributed by atoms with Gasteiger partial charge in [0.2, 0.25) is 0 Å².